The molecule has 6 nitrogen and oxygen atoms in total. The predicted molar refractivity (Wildman–Crippen MR) is 90.1 cm³/mol. The predicted octanol–water partition coefficient (Wildman–Crippen LogP) is 4.53. The molecule has 2 heterocycles. The number of benzene rings is 1. The van der Waals surface area contributed by atoms with Crippen LogP contribution in [0.3, 0.4) is 0 Å². The Kier molecular flexibility index (Phi) is 4.15. The molecule has 2 aromatic heterocycles. The topological polar surface area (TPSA) is 81.2 Å². The molecule has 1 N–H and O–H groups in total. The Morgan fingerprint density at radius 1 is 1.12 bits per heavy atom. The second-order valence-electron chi connectivity index (χ2n) is 6.37. The van der Waals surface area contributed by atoms with Crippen molar-refractivity contribution in [1.29, 1.82) is 0 Å². The molecule has 124 valence electrons. The highest BCUT2D eigenvalue weighted by Crippen LogP contribution is 2.26. The summed E-state index contributed by atoms with van der Waals surface area (Å²) in [6.45, 7) is 5.98. The SMILES string of the molecule is CC(C)(C)c1cc(NC(=O)c2cc(-c3cccc(Cl)c3)on2)no1. The van der Waals surface area contributed by atoms with Gasteiger partial charge in [0.1, 0.15) is 5.76 Å². The highest BCUT2D eigenvalue weighted by molar-refractivity contribution is 6.30. The normalized spacial score (nSPS) is 11.5. The molecule has 24 heavy (non-hydrogen) atoms. The molecule has 3 rings (SSSR count). The van der Waals surface area contributed by atoms with E-state index < -0.39 is 5.91 Å². The van der Waals surface area contributed by atoms with Crippen molar-refractivity contribution in [2.45, 2.75) is 26.2 Å². The molecule has 0 saturated carbocycles. The molecule has 0 unspecified atom stereocenters. The molecule has 0 aliphatic heterocycles. The summed E-state index contributed by atoms with van der Waals surface area (Å²) in [6.07, 6.45) is 0. The lowest BCUT2D eigenvalue weighted by Crippen LogP contribution is -2.12. The first-order valence-corrected chi connectivity index (χ1v) is 7.72. The monoisotopic (exact) mass is 345 g/mol. The maximum Gasteiger partial charge on any atom is 0.279 e. The largest absolute Gasteiger partial charge is 0.359 e. The average molecular weight is 346 g/mol. The summed E-state index contributed by atoms with van der Waals surface area (Å²) in [5, 5.41) is 10.8. The second-order valence-corrected chi connectivity index (χ2v) is 6.80. The first kappa shape index (κ1) is 16.3. The number of carbonyl (C=O) groups excluding carboxylic acids is 1. The number of hydrogen-bond acceptors (Lipinski definition) is 5. The van der Waals surface area contributed by atoms with Crippen molar-refractivity contribution in [3.05, 3.63) is 52.9 Å². The molecule has 0 radical (unpaired) electrons. The van der Waals surface area contributed by atoms with Gasteiger partial charge in [0, 0.05) is 28.1 Å². The van der Waals surface area contributed by atoms with Crippen LogP contribution in [0.1, 0.15) is 37.0 Å². The van der Waals surface area contributed by atoms with Gasteiger partial charge in [0.25, 0.3) is 5.91 Å². The van der Waals surface area contributed by atoms with Crippen molar-refractivity contribution in [3.8, 4) is 11.3 Å². The third-order valence-electron chi connectivity index (χ3n) is 3.34. The number of amides is 1. The summed E-state index contributed by atoms with van der Waals surface area (Å²) >= 11 is 5.95. The maximum atomic E-state index is 12.2. The number of rotatable bonds is 3. The van der Waals surface area contributed by atoms with Crippen LogP contribution in [0, 0.1) is 0 Å². The average Bonchev–Trinajstić information content (AvgIpc) is 3.15. The molecule has 0 bridgehead atoms. The molecular formula is C17H16ClN3O3. The summed E-state index contributed by atoms with van der Waals surface area (Å²) in [5.41, 5.74) is 0.694. The highest BCUT2D eigenvalue weighted by Gasteiger charge is 2.21. The lowest BCUT2D eigenvalue weighted by Gasteiger charge is -2.11. The Labute approximate surface area is 143 Å². The second kappa shape index (κ2) is 6.13. The fourth-order valence-corrected chi connectivity index (χ4v) is 2.22. The fourth-order valence-electron chi connectivity index (χ4n) is 2.03. The smallest absolute Gasteiger partial charge is 0.279 e. The van der Waals surface area contributed by atoms with Crippen LogP contribution < -0.4 is 5.32 Å². The zero-order valence-electron chi connectivity index (χ0n) is 13.5. The van der Waals surface area contributed by atoms with Gasteiger partial charge >= 0.3 is 0 Å². The molecular weight excluding hydrogens is 330 g/mol. The molecule has 0 spiro atoms. The Morgan fingerprint density at radius 2 is 1.92 bits per heavy atom. The molecule has 0 saturated heterocycles. The Bertz CT molecular complexity index is 877. The lowest BCUT2D eigenvalue weighted by molar-refractivity contribution is 0.101. The number of nitrogens with zero attached hydrogens (tertiary/aromatic N) is 2. The zero-order chi connectivity index (χ0) is 17.3. The number of hydrogen-bond donors (Lipinski definition) is 1. The first-order chi connectivity index (χ1) is 11.3. The minimum atomic E-state index is -0.430. The van der Waals surface area contributed by atoms with Crippen LogP contribution in [0.2, 0.25) is 5.02 Å². The van der Waals surface area contributed by atoms with Crippen molar-refractivity contribution in [3.63, 3.8) is 0 Å². The van der Waals surface area contributed by atoms with Crippen LogP contribution in [0.15, 0.2) is 45.4 Å². The molecule has 3 aromatic rings. The quantitative estimate of drug-likeness (QED) is 0.754. The van der Waals surface area contributed by atoms with Crippen LogP contribution >= 0.6 is 11.6 Å². The van der Waals surface area contributed by atoms with E-state index in [4.69, 9.17) is 20.6 Å². The van der Waals surface area contributed by atoms with E-state index in [9.17, 15) is 4.79 Å². The van der Waals surface area contributed by atoms with Gasteiger partial charge in [-0.05, 0) is 12.1 Å². The van der Waals surface area contributed by atoms with Crippen molar-refractivity contribution >= 4 is 23.3 Å². The minimum absolute atomic E-state index is 0.144. The highest BCUT2D eigenvalue weighted by atomic mass is 35.5. The standard InChI is InChI=1S/C17H16ClN3O3/c1-17(2,3)14-9-15(21-24-14)19-16(22)12-8-13(23-20-12)10-5-4-6-11(18)7-10/h4-9H,1-3H3,(H,19,21,22). The number of aromatic nitrogens is 2. The van der Waals surface area contributed by atoms with E-state index in [0.29, 0.717) is 22.4 Å². The van der Waals surface area contributed by atoms with Gasteiger partial charge in [-0.15, -0.1) is 0 Å². The van der Waals surface area contributed by atoms with Crippen molar-refractivity contribution in [2.75, 3.05) is 5.32 Å². The fraction of sp³-hybridized carbons (Fsp3) is 0.235. The summed E-state index contributed by atoms with van der Waals surface area (Å²) in [7, 11) is 0. The Balaban J connectivity index is 1.76. The van der Waals surface area contributed by atoms with E-state index >= 15 is 0 Å². The number of anilines is 1. The van der Waals surface area contributed by atoms with Gasteiger partial charge in [-0.1, -0.05) is 54.8 Å². The molecule has 0 aliphatic carbocycles. The lowest BCUT2D eigenvalue weighted by atomic mass is 9.93. The van der Waals surface area contributed by atoms with Gasteiger partial charge in [-0.3, -0.25) is 4.79 Å². The number of nitrogens with one attached hydrogen (secondary N) is 1. The van der Waals surface area contributed by atoms with Crippen LogP contribution in [0.5, 0.6) is 0 Å². The van der Waals surface area contributed by atoms with Crippen LogP contribution in [0.25, 0.3) is 11.3 Å². The molecule has 0 atom stereocenters. The number of carbonyl (C=O) groups is 1. The van der Waals surface area contributed by atoms with E-state index in [-0.39, 0.29) is 11.1 Å². The third kappa shape index (κ3) is 3.49. The van der Waals surface area contributed by atoms with Crippen molar-refractivity contribution in [2.24, 2.45) is 0 Å². The minimum Gasteiger partial charge on any atom is -0.359 e. The maximum absolute atomic E-state index is 12.2. The summed E-state index contributed by atoms with van der Waals surface area (Å²) in [6, 6.07) is 10.3. The number of halogens is 1. The summed E-state index contributed by atoms with van der Waals surface area (Å²) < 4.78 is 10.4. The van der Waals surface area contributed by atoms with Crippen LogP contribution in [-0.4, -0.2) is 16.2 Å². The van der Waals surface area contributed by atoms with Gasteiger partial charge in [0.15, 0.2) is 17.3 Å². The molecule has 0 aliphatic rings. The van der Waals surface area contributed by atoms with Gasteiger partial charge in [0.2, 0.25) is 0 Å². The third-order valence-corrected chi connectivity index (χ3v) is 3.58. The molecule has 1 amide bonds. The zero-order valence-corrected chi connectivity index (χ0v) is 14.2. The van der Waals surface area contributed by atoms with Crippen molar-refractivity contribution < 1.29 is 13.8 Å². The van der Waals surface area contributed by atoms with E-state index in [1.165, 1.54) is 0 Å². The summed E-state index contributed by atoms with van der Waals surface area (Å²) in [4.78, 5) is 12.2. The van der Waals surface area contributed by atoms with E-state index in [1.54, 1.807) is 30.3 Å². The van der Waals surface area contributed by atoms with Crippen LogP contribution in [-0.2, 0) is 5.41 Å². The molecule has 0 fully saturated rings. The summed E-state index contributed by atoms with van der Waals surface area (Å²) in [5.74, 6) is 1.04. The van der Waals surface area contributed by atoms with E-state index in [2.05, 4.69) is 15.6 Å². The van der Waals surface area contributed by atoms with E-state index in [1.807, 2.05) is 26.8 Å². The molecule has 1 aromatic carbocycles. The first-order valence-electron chi connectivity index (χ1n) is 7.34. The van der Waals surface area contributed by atoms with Crippen molar-refractivity contribution in [1.82, 2.24) is 10.3 Å². The molecule has 7 heteroatoms. The van der Waals surface area contributed by atoms with Gasteiger partial charge < -0.3 is 14.4 Å². The Morgan fingerprint density at radius 3 is 2.58 bits per heavy atom. The van der Waals surface area contributed by atoms with Gasteiger partial charge in [-0.2, -0.15) is 0 Å². The Hall–Kier alpha value is -2.60. The van der Waals surface area contributed by atoms with Gasteiger partial charge in [-0.25, -0.2) is 0 Å². The van der Waals surface area contributed by atoms with E-state index in [0.717, 1.165) is 5.56 Å². The van der Waals surface area contributed by atoms with Gasteiger partial charge in [0.05, 0.1) is 0 Å². The van der Waals surface area contributed by atoms with Crippen LogP contribution in [0.4, 0.5) is 5.82 Å².